The second-order valence-electron chi connectivity index (χ2n) is 4.44. The molecule has 0 bridgehead atoms. The van der Waals surface area contributed by atoms with Gasteiger partial charge < -0.3 is 10.1 Å². The monoisotopic (exact) mass is 285 g/mol. The average molecular weight is 285 g/mol. The number of hydrogen-bond donors (Lipinski definition) is 1. The van der Waals surface area contributed by atoms with Crippen molar-refractivity contribution in [2.75, 3.05) is 7.05 Å². The molecule has 1 N–H and O–H groups in total. The highest BCUT2D eigenvalue weighted by Gasteiger charge is 1.98. The Kier molecular flexibility index (Phi) is 5.10. The van der Waals surface area contributed by atoms with Crippen LogP contribution in [0.4, 0.5) is 4.39 Å². The standard InChI is InChI=1S/C17H16FNO2/c1-19-17(20)10-7-13-5-8-16(9-6-13)21-12-14-3-2-4-15(18)11-14/h2-11H,12H2,1H3,(H,19,20)/b10-7+. The maximum absolute atomic E-state index is 13.0. The normalized spacial score (nSPS) is 10.6. The molecule has 0 aliphatic rings. The summed E-state index contributed by atoms with van der Waals surface area (Å²) in [5, 5.41) is 2.51. The van der Waals surface area contributed by atoms with E-state index >= 15 is 0 Å². The van der Waals surface area contributed by atoms with Gasteiger partial charge >= 0.3 is 0 Å². The Bertz CT molecular complexity index is 635. The molecule has 0 heterocycles. The summed E-state index contributed by atoms with van der Waals surface area (Å²) in [6.45, 7) is 0.311. The maximum atomic E-state index is 13.0. The van der Waals surface area contributed by atoms with Gasteiger partial charge in [-0.15, -0.1) is 0 Å². The molecular weight excluding hydrogens is 269 g/mol. The highest BCUT2D eigenvalue weighted by Crippen LogP contribution is 2.15. The Hall–Kier alpha value is -2.62. The predicted octanol–water partition coefficient (Wildman–Crippen LogP) is 3.16. The Morgan fingerprint density at radius 3 is 2.67 bits per heavy atom. The van der Waals surface area contributed by atoms with Crippen LogP contribution in [0.25, 0.3) is 6.08 Å². The van der Waals surface area contributed by atoms with Crippen LogP contribution in [0, 0.1) is 5.82 Å². The van der Waals surface area contributed by atoms with E-state index in [-0.39, 0.29) is 11.7 Å². The molecule has 0 aromatic heterocycles. The third-order valence-corrected chi connectivity index (χ3v) is 2.85. The lowest BCUT2D eigenvalue weighted by Crippen LogP contribution is -2.13. The van der Waals surface area contributed by atoms with Gasteiger partial charge in [0.2, 0.25) is 5.91 Å². The summed E-state index contributed by atoms with van der Waals surface area (Å²) >= 11 is 0. The number of nitrogens with one attached hydrogen (secondary N) is 1. The van der Waals surface area contributed by atoms with Crippen molar-refractivity contribution >= 4 is 12.0 Å². The van der Waals surface area contributed by atoms with E-state index in [1.165, 1.54) is 18.2 Å². The fourth-order valence-electron chi connectivity index (χ4n) is 1.72. The van der Waals surface area contributed by atoms with Gasteiger partial charge in [-0.3, -0.25) is 4.79 Å². The van der Waals surface area contributed by atoms with E-state index in [1.807, 2.05) is 30.3 Å². The Morgan fingerprint density at radius 2 is 2.00 bits per heavy atom. The van der Waals surface area contributed by atoms with Gasteiger partial charge in [0.25, 0.3) is 0 Å². The number of likely N-dealkylation sites (N-methyl/N-ethyl adjacent to an activating group) is 1. The fraction of sp³-hybridized carbons (Fsp3) is 0.118. The molecule has 0 atom stereocenters. The summed E-state index contributed by atoms with van der Waals surface area (Å²) in [5.41, 5.74) is 1.68. The van der Waals surface area contributed by atoms with Crippen molar-refractivity contribution in [3.05, 3.63) is 71.6 Å². The SMILES string of the molecule is CNC(=O)/C=C/c1ccc(OCc2cccc(F)c2)cc1. The van der Waals surface area contributed by atoms with Crippen molar-refractivity contribution < 1.29 is 13.9 Å². The molecule has 1 amide bonds. The molecule has 0 aliphatic carbocycles. The van der Waals surface area contributed by atoms with Crippen LogP contribution < -0.4 is 10.1 Å². The topological polar surface area (TPSA) is 38.3 Å². The molecule has 0 radical (unpaired) electrons. The van der Waals surface area contributed by atoms with E-state index < -0.39 is 0 Å². The summed E-state index contributed by atoms with van der Waals surface area (Å²) in [7, 11) is 1.58. The molecule has 2 rings (SSSR count). The lowest BCUT2D eigenvalue weighted by atomic mass is 10.2. The van der Waals surface area contributed by atoms with Crippen LogP contribution in [0.5, 0.6) is 5.75 Å². The molecular formula is C17H16FNO2. The van der Waals surface area contributed by atoms with E-state index in [0.717, 1.165) is 11.1 Å². The minimum absolute atomic E-state index is 0.151. The first-order chi connectivity index (χ1) is 10.2. The van der Waals surface area contributed by atoms with Crippen molar-refractivity contribution in [3.63, 3.8) is 0 Å². The molecule has 0 saturated heterocycles. The van der Waals surface area contributed by atoms with Gasteiger partial charge in [-0.25, -0.2) is 4.39 Å². The second-order valence-corrected chi connectivity index (χ2v) is 4.44. The smallest absolute Gasteiger partial charge is 0.243 e. The maximum Gasteiger partial charge on any atom is 0.243 e. The molecule has 0 aliphatic heterocycles. The lowest BCUT2D eigenvalue weighted by Gasteiger charge is -2.06. The number of rotatable bonds is 5. The van der Waals surface area contributed by atoms with Crippen molar-refractivity contribution in [1.29, 1.82) is 0 Å². The van der Waals surface area contributed by atoms with E-state index in [9.17, 15) is 9.18 Å². The molecule has 21 heavy (non-hydrogen) atoms. The third-order valence-electron chi connectivity index (χ3n) is 2.85. The largest absolute Gasteiger partial charge is 0.489 e. The summed E-state index contributed by atoms with van der Waals surface area (Å²) in [6, 6.07) is 13.6. The Labute approximate surface area is 123 Å². The molecule has 0 fully saturated rings. The van der Waals surface area contributed by atoms with Crippen LogP contribution in [0.15, 0.2) is 54.6 Å². The van der Waals surface area contributed by atoms with E-state index in [1.54, 1.807) is 19.2 Å². The number of hydrogen-bond acceptors (Lipinski definition) is 2. The number of carbonyl (C=O) groups is 1. The molecule has 0 spiro atoms. The van der Waals surface area contributed by atoms with Gasteiger partial charge in [-0.2, -0.15) is 0 Å². The molecule has 108 valence electrons. The van der Waals surface area contributed by atoms with Crippen molar-refractivity contribution in [3.8, 4) is 5.75 Å². The Balaban J connectivity index is 1.93. The zero-order valence-electron chi connectivity index (χ0n) is 11.7. The van der Waals surface area contributed by atoms with Crippen LogP contribution in [-0.2, 0) is 11.4 Å². The quantitative estimate of drug-likeness (QED) is 0.857. The summed E-state index contributed by atoms with van der Waals surface area (Å²) in [6.07, 6.45) is 3.18. The third kappa shape index (κ3) is 4.76. The number of halogens is 1. The Morgan fingerprint density at radius 1 is 1.24 bits per heavy atom. The molecule has 3 nitrogen and oxygen atoms in total. The molecule has 0 saturated carbocycles. The minimum Gasteiger partial charge on any atom is -0.489 e. The van der Waals surface area contributed by atoms with Gasteiger partial charge in [0.1, 0.15) is 18.2 Å². The number of carbonyl (C=O) groups excluding carboxylic acids is 1. The summed E-state index contributed by atoms with van der Waals surface area (Å²) < 4.78 is 18.6. The first kappa shape index (κ1) is 14.8. The second kappa shape index (κ2) is 7.24. The van der Waals surface area contributed by atoms with Crippen LogP contribution in [0.1, 0.15) is 11.1 Å². The molecule has 2 aromatic rings. The van der Waals surface area contributed by atoms with E-state index in [4.69, 9.17) is 4.74 Å². The van der Waals surface area contributed by atoms with Gasteiger partial charge in [0.15, 0.2) is 0 Å². The van der Waals surface area contributed by atoms with Crippen LogP contribution >= 0.6 is 0 Å². The van der Waals surface area contributed by atoms with Crippen molar-refractivity contribution in [2.24, 2.45) is 0 Å². The number of ether oxygens (including phenoxy) is 1. The summed E-state index contributed by atoms with van der Waals surface area (Å²) in [4.78, 5) is 11.1. The van der Waals surface area contributed by atoms with Crippen LogP contribution in [0.3, 0.4) is 0 Å². The van der Waals surface area contributed by atoms with Crippen LogP contribution in [-0.4, -0.2) is 13.0 Å². The fourth-order valence-corrected chi connectivity index (χ4v) is 1.72. The highest BCUT2D eigenvalue weighted by atomic mass is 19.1. The van der Waals surface area contributed by atoms with Crippen molar-refractivity contribution in [2.45, 2.75) is 6.61 Å². The molecule has 2 aromatic carbocycles. The van der Waals surface area contributed by atoms with Gasteiger partial charge in [0.05, 0.1) is 0 Å². The van der Waals surface area contributed by atoms with Gasteiger partial charge in [-0.1, -0.05) is 24.3 Å². The molecule has 0 unspecified atom stereocenters. The number of benzene rings is 2. The first-order valence-electron chi connectivity index (χ1n) is 6.54. The number of amides is 1. The zero-order chi connectivity index (χ0) is 15.1. The van der Waals surface area contributed by atoms with E-state index in [0.29, 0.717) is 12.4 Å². The average Bonchev–Trinajstić information content (AvgIpc) is 2.51. The predicted molar refractivity (Wildman–Crippen MR) is 80.3 cm³/mol. The zero-order valence-corrected chi connectivity index (χ0v) is 11.7. The highest BCUT2D eigenvalue weighted by molar-refractivity contribution is 5.91. The van der Waals surface area contributed by atoms with Gasteiger partial charge in [0, 0.05) is 13.1 Å². The van der Waals surface area contributed by atoms with Crippen LogP contribution in [0.2, 0.25) is 0 Å². The molecule has 4 heteroatoms. The first-order valence-corrected chi connectivity index (χ1v) is 6.54. The van der Waals surface area contributed by atoms with Gasteiger partial charge in [-0.05, 0) is 41.5 Å². The summed E-state index contributed by atoms with van der Waals surface area (Å²) in [5.74, 6) is 0.267. The lowest BCUT2D eigenvalue weighted by molar-refractivity contribution is -0.115. The van der Waals surface area contributed by atoms with E-state index in [2.05, 4.69) is 5.32 Å². The van der Waals surface area contributed by atoms with Crippen molar-refractivity contribution in [1.82, 2.24) is 5.32 Å². The minimum atomic E-state index is -0.272.